The molecule has 25 heavy (non-hydrogen) atoms. The van der Waals surface area contributed by atoms with Gasteiger partial charge in [-0.05, 0) is 31.9 Å². The average molecular weight is 342 g/mol. The van der Waals surface area contributed by atoms with Crippen molar-refractivity contribution in [3.63, 3.8) is 0 Å². The first kappa shape index (κ1) is 15.6. The van der Waals surface area contributed by atoms with Gasteiger partial charge in [0.15, 0.2) is 18.2 Å². The topological polar surface area (TPSA) is 97.6 Å². The van der Waals surface area contributed by atoms with Crippen LogP contribution in [0.5, 0.6) is 5.75 Å². The van der Waals surface area contributed by atoms with Crippen LogP contribution in [0, 0.1) is 6.92 Å². The van der Waals surface area contributed by atoms with E-state index in [1.54, 1.807) is 30.0 Å². The zero-order chi connectivity index (χ0) is 17.4. The van der Waals surface area contributed by atoms with Gasteiger partial charge in [0.25, 0.3) is 11.8 Å². The van der Waals surface area contributed by atoms with Crippen molar-refractivity contribution >= 4 is 17.5 Å². The zero-order valence-electron chi connectivity index (χ0n) is 13.8. The lowest BCUT2D eigenvalue weighted by Gasteiger charge is -2.32. The highest BCUT2D eigenvalue weighted by molar-refractivity contribution is 6.03. The molecule has 0 radical (unpaired) electrons. The van der Waals surface area contributed by atoms with Crippen molar-refractivity contribution in [1.29, 1.82) is 0 Å². The van der Waals surface area contributed by atoms with Crippen LogP contribution in [0.4, 0.5) is 5.69 Å². The summed E-state index contributed by atoms with van der Waals surface area (Å²) in [5, 5.41) is 6.56. The van der Waals surface area contributed by atoms with Crippen molar-refractivity contribution in [3.05, 3.63) is 35.5 Å². The Hall–Kier alpha value is -2.90. The summed E-state index contributed by atoms with van der Waals surface area (Å²) in [6, 6.07) is 5.19. The molecule has 1 fully saturated rings. The third-order valence-corrected chi connectivity index (χ3v) is 4.47. The summed E-state index contributed by atoms with van der Waals surface area (Å²) in [6.45, 7) is 2.89. The Morgan fingerprint density at radius 3 is 3.08 bits per heavy atom. The van der Waals surface area contributed by atoms with Crippen LogP contribution in [0.3, 0.4) is 0 Å². The van der Waals surface area contributed by atoms with Crippen LogP contribution in [0.25, 0.3) is 0 Å². The number of rotatable bonds is 2. The normalized spacial score (nSPS) is 19.8. The number of anilines is 1. The molecule has 0 saturated carbocycles. The number of para-hydroxylation sites is 1. The van der Waals surface area contributed by atoms with E-state index in [-0.39, 0.29) is 24.3 Å². The maximum absolute atomic E-state index is 13.0. The van der Waals surface area contributed by atoms with Gasteiger partial charge in [-0.1, -0.05) is 11.2 Å². The van der Waals surface area contributed by atoms with Crippen LogP contribution in [0.15, 0.2) is 22.7 Å². The van der Waals surface area contributed by atoms with Gasteiger partial charge in [0.1, 0.15) is 0 Å². The van der Waals surface area contributed by atoms with Gasteiger partial charge < -0.3 is 19.5 Å². The maximum atomic E-state index is 13.0. The smallest absolute Gasteiger partial charge is 0.262 e. The molecule has 3 heterocycles. The van der Waals surface area contributed by atoms with Crippen LogP contribution in [0.1, 0.15) is 40.8 Å². The molecule has 1 atom stereocenters. The second-order valence-electron chi connectivity index (χ2n) is 6.29. The molecule has 2 aromatic rings. The third-order valence-electron chi connectivity index (χ3n) is 4.47. The van der Waals surface area contributed by atoms with Crippen LogP contribution in [-0.2, 0) is 4.79 Å². The number of aromatic nitrogens is 2. The van der Waals surface area contributed by atoms with Gasteiger partial charge in [-0.15, -0.1) is 0 Å². The summed E-state index contributed by atoms with van der Waals surface area (Å²) in [5.41, 5.74) is 0.989. The lowest BCUT2D eigenvalue weighted by atomic mass is 9.97. The third kappa shape index (κ3) is 2.95. The van der Waals surface area contributed by atoms with Gasteiger partial charge in [-0.25, -0.2) is 0 Å². The highest BCUT2D eigenvalue weighted by Gasteiger charge is 2.31. The fourth-order valence-electron chi connectivity index (χ4n) is 3.30. The standard InChI is InChI=1S/C17H18N4O4/c1-10-18-16(25-20-10)11-4-3-7-21(8-11)17(23)12-5-2-6-13-15(12)24-9-14(22)19-13/h2,5-6,11H,3-4,7-9H2,1H3,(H,19,22). The van der Waals surface area contributed by atoms with Crippen LogP contribution < -0.4 is 10.1 Å². The first-order chi connectivity index (χ1) is 12.1. The molecule has 8 heteroatoms. The summed E-state index contributed by atoms with van der Waals surface area (Å²) < 4.78 is 10.8. The van der Waals surface area contributed by atoms with Crippen molar-refractivity contribution in [1.82, 2.24) is 15.0 Å². The minimum Gasteiger partial charge on any atom is -0.481 e. The number of hydrogen-bond acceptors (Lipinski definition) is 6. The molecule has 1 N–H and O–H groups in total. The number of benzene rings is 1. The molecule has 8 nitrogen and oxygen atoms in total. The SMILES string of the molecule is Cc1noc(C2CCCN(C(=O)c3cccc4c3OCC(=O)N4)C2)n1. The Bertz CT molecular complexity index is 832. The van der Waals surface area contributed by atoms with Gasteiger partial charge in [-0.3, -0.25) is 9.59 Å². The Morgan fingerprint density at radius 2 is 2.28 bits per heavy atom. The molecule has 2 aliphatic heterocycles. The van der Waals surface area contributed by atoms with Gasteiger partial charge in [0, 0.05) is 13.1 Å². The fourth-order valence-corrected chi connectivity index (χ4v) is 3.30. The maximum Gasteiger partial charge on any atom is 0.262 e. The molecule has 0 aliphatic carbocycles. The van der Waals surface area contributed by atoms with E-state index in [0.29, 0.717) is 41.8 Å². The van der Waals surface area contributed by atoms with Crippen molar-refractivity contribution in [2.45, 2.75) is 25.7 Å². The largest absolute Gasteiger partial charge is 0.481 e. The molecule has 1 aromatic carbocycles. The highest BCUT2D eigenvalue weighted by Crippen LogP contribution is 2.34. The second kappa shape index (κ2) is 6.19. The molecule has 0 bridgehead atoms. The Labute approximate surface area is 144 Å². The minimum absolute atomic E-state index is 0.0408. The zero-order valence-corrected chi connectivity index (χ0v) is 13.8. The molecule has 1 unspecified atom stereocenters. The molecule has 2 aliphatic rings. The molecule has 1 saturated heterocycles. The summed E-state index contributed by atoms with van der Waals surface area (Å²) in [4.78, 5) is 30.5. The number of carbonyl (C=O) groups is 2. The van der Waals surface area contributed by atoms with E-state index in [1.807, 2.05) is 0 Å². The fraction of sp³-hybridized carbons (Fsp3) is 0.412. The van der Waals surface area contributed by atoms with E-state index in [0.717, 1.165) is 12.8 Å². The number of fused-ring (bicyclic) bond motifs is 1. The van der Waals surface area contributed by atoms with Crippen molar-refractivity contribution in [3.8, 4) is 5.75 Å². The van der Waals surface area contributed by atoms with E-state index in [1.165, 1.54) is 0 Å². The second-order valence-corrected chi connectivity index (χ2v) is 6.29. The van der Waals surface area contributed by atoms with E-state index in [4.69, 9.17) is 9.26 Å². The molecule has 1 aromatic heterocycles. The van der Waals surface area contributed by atoms with Crippen molar-refractivity contribution in [2.75, 3.05) is 25.0 Å². The average Bonchev–Trinajstić information content (AvgIpc) is 3.07. The predicted molar refractivity (Wildman–Crippen MR) is 87.5 cm³/mol. The van der Waals surface area contributed by atoms with Crippen LogP contribution >= 0.6 is 0 Å². The van der Waals surface area contributed by atoms with E-state index in [2.05, 4.69) is 15.5 Å². The Kier molecular flexibility index (Phi) is 3.87. The van der Waals surface area contributed by atoms with Crippen LogP contribution in [0.2, 0.25) is 0 Å². The molecule has 4 rings (SSSR count). The molecule has 2 amide bonds. The summed E-state index contributed by atoms with van der Waals surface area (Å²) in [7, 11) is 0. The van der Waals surface area contributed by atoms with Crippen molar-refractivity contribution in [2.24, 2.45) is 0 Å². The predicted octanol–water partition coefficient (Wildman–Crippen LogP) is 1.73. The molecule has 130 valence electrons. The number of carbonyl (C=O) groups excluding carboxylic acids is 2. The first-order valence-electron chi connectivity index (χ1n) is 8.27. The Morgan fingerprint density at radius 1 is 1.40 bits per heavy atom. The number of ether oxygens (including phenoxy) is 1. The molecular formula is C17H18N4O4. The monoisotopic (exact) mass is 342 g/mol. The van der Waals surface area contributed by atoms with E-state index < -0.39 is 0 Å². The lowest BCUT2D eigenvalue weighted by Crippen LogP contribution is -2.39. The van der Waals surface area contributed by atoms with Gasteiger partial charge in [-0.2, -0.15) is 4.98 Å². The number of likely N-dealkylation sites (tertiary alicyclic amines) is 1. The summed E-state index contributed by atoms with van der Waals surface area (Å²) in [5.74, 6) is 1.31. The molecule has 0 spiro atoms. The number of hydrogen-bond donors (Lipinski definition) is 1. The van der Waals surface area contributed by atoms with Gasteiger partial charge in [0.2, 0.25) is 5.89 Å². The van der Waals surface area contributed by atoms with Gasteiger partial charge in [0.05, 0.1) is 17.2 Å². The number of amides is 2. The van der Waals surface area contributed by atoms with E-state index >= 15 is 0 Å². The number of nitrogens with zero attached hydrogens (tertiary/aromatic N) is 3. The highest BCUT2D eigenvalue weighted by atomic mass is 16.5. The first-order valence-corrected chi connectivity index (χ1v) is 8.27. The number of nitrogens with one attached hydrogen (secondary N) is 1. The Balaban J connectivity index is 1.57. The van der Waals surface area contributed by atoms with Crippen molar-refractivity contribution < 1.29 is 18.8 Å². The summed E-state index contributed by atoms with van der Waals surface area (Å²) >= 11 is 0. The minimum atomic E-state index is -0.220. The number of piperidine rings is 1. The lowest BCUT2D eigenvalue weighted by molar-refractivity contribution is -0.118. The van der Waals surface area contributed by atoms with E-state index in [9.17, 15) is 9.59 Å². The quantitative estimate of drug-likeness (QED) is 0.892. The van der Waals surface area contributed by atoms with Crippen LogP contribution in [-0.4, -0.2) is 46.6 Å². The van der Waals surface area contributed by atoms with Gasteiger partial charge >= 0.3 is 0 Å². The summed E-state index contributed by atoms with van der Waals surface area (Å²) in [6.07, 6.45) is 1.77. The number of aryl methyl sites for hydroxylation is 1. The molecular weight excluding hydrogens is 324 g/mol.